The summed E-state index contributed by atoms with van der Waals surface area (Å²) in [4.78, 5) is 29.7. The zero-order valence-electron chi connectivity index (χ0n) is 16.8. The van der Waals surface area contributed by atoms with Gasteiger partial charge in [0.15, 0.2) is 0 Å². The van der Waals surface area contributed by atoms with Crippen LogP contribution < -0.4 is 10.6 Å². The molecule has 0 unspecified atom stereocenters. The van der Waals surface area contributed by atoms with Gasteiger partial charge in [-0.2, -0.15) is 0 Å². The first-order valence-corrected chi connectivity index (χ1v) is 10.1. The lowest BCUT2D eigenvalue weighted by Gasteiger charge is -2.18. The van der Waals surface area contributed by atoms with Crippen LogP contribution in [0.1, 0.15) is 38.0 Å². The van der Waals surface area contributed by atoms with Crippen molar-refractivity contribution >= 4 is 23.1 Å². The lowest BCUT2D eigenvalue weighted by atomic mass is 10.1. The Bertz CT molecular complexity index is 1350. The van der Waals surface area contributed by atoms with Gasteiger partial charge in [-0.15, -0.1) is 0 Å². The molecule has 1 aliphatic rings. The first-order chi connectivity index (χ1) is 15.5. The monoisotopic (exact) mass is 430 g/mol. The molecule has 0 spiro atoms. The van der Waals surface area contributed by atoms with Crippen molar-refractivity contribution in [3.05, 3.63) is 101 Å². The number of pyridine rings is 1. The highest BCUT2D eigenvalue weighted by molar-refractivity contribution is 6.04. The minimum Gasteiger partial charge on any atom is -0.390 e. The van der Waals surface area contributed by atoms with Crippen LogP contribution in [0.15, 0.2) is 73.1 Å². The Labute approximate surface area is 182 Å². The van der Waals surface area contributed by atoms with E-state index < -0.39 is 29.8 Å². The number of rotatable bonds is 4. The highest BCUT2D eigenvalue weighted by atomic mass is 19.1. The summed E-state index contributed by atoms with van der Waals surface area (Å²) in [7, 11) is 0. The van der Waals surface area contributed by atoms with Crippen LogP contribution in [0, 0.1) is 5.82 Å². The van der Waals surface area contributed by atoms with Gasteiger partial charge in [-0.05, 0) is 41.5 Å². The van der Waals surface area contributed by atoms with Gasteiger partial charge in [-0.25, -0.2) is 9.37 Å². The maximum atomic E-state index is 14.4. The Balaban J connectivity index is 1.37. The largest absolute Gasteiger partial charge is 0.390 e. The summed E-state index contributed by atoms with van der Waals surface area (Å²) in [5.41, 5.74) is 2.70. The van der Waals surface area contributed by atoms with Gasteiger partial charge in [-0.1, -0.05) is 30.3 Å². The molecule has 3 N–H and O–H groups in total. The minimum absolute atomic E-state index is 0.124. The predicted octanol–water partition coefficient (Wildman–Crippen LogP) is 3.11. The second-order valence-electron chi connectivity index (χ2n) is 7.64. The molecule has 0 fully saturated rings. The Morgan fingerprint density at radius 2 is 1.88 bits per heavy atom. The number of nitrogens with zero attached hydrogens (tertiary/aromatic N) is 2. The lowest BCUT2D eigenvalue weighted by molar-refractivity contribution is 0.0857. The molecule has 0 aliphatic heterocycles. The summed E-state index contributed by atoms with van der Waals surface area (Å²) < 4.78 is 16.0. The third-order valence-corrected chi connectivity index (χ3v) is 5.62. The van der Waals surface area contributed by atoms with E-state index in [1.807, 2.05) is 24.3 Å². The van der Waals surface area contributed by atoms with Crippen molar-refractivity contribution in [3.8, 4) is 0 Å². The molecule has 4 aromatic rings. The number of benzene rings is 2. The second-order valence-corrected chi connectivity index (χ2v) is 7.64. The topological polar surface area (TPSA) is 95.7 Å². The standard InChI is InChI=1S/C24H19FN4O3/c25-17-9-8-15(23(31)28-22-16-6-2-1-5-14(16)12-20(22)30)11-18(17)27-24(32)19-13-26-21-7-3-4-10-29(19)21/h1-11,13,20,22,30H,12H2,(H,27,32)(H,28,31)/t20-,22+/m0/s1. The number of anilines is 1. The second kappa shape index (κ2) is 7.90. The number of carbonyl (C=O) groups excluding carboxylic acids is 2. The smallest absolute Gasteiger partial charge is 0.274 e. The highest BCUT2D eigenvalue weighted by Crippen LogP contribution is 2.31. The van der Waals surface area contributed by atoms with Crippen LogP contribution in [-0.2, 0) is 6.42 Å². The van der Waals surface area contributed by atoms with E-state index in [1.165, 1.54) is 18.3 Å². The number of fused-ring (bicyclic) bond motifs is 2. The van der Waals surface area contributed by atoms with Gasteiger partial charge in [0.2, 0.25) is 0 Å². The summed E-state index contributed by atoms with van der Waals surface area (Å²) in [6.45, 7) is 0. The van der Waals surface area contributed by atoms with Crippen molar-refractivity contribution in [2.24, 2.45) is 0 Å². The molecule has 8 heteroatoms. The van der Waals surface area contributed by atoms with Crippen LogP contribution in [0.25, 0.3) is 5.65 Å². The average molecular weight is 430 g/mol. The number of halogens is 1. The normalized spacial score (nSPS) is 17.2. The van der Waals surface area contributed by atoms with Crippen LogP contribution in [0.5, 0.6) is 0 Å². The van der Waals surface area contributed by atoms with Crippen LogP contribution in [0.2, 0.25) is 0 Å². The number of nitrogens with one attached hydrogen (secondary N) is 2. The molecule has 0 bridgehead atoms. The van der Waals surface area contributed by atoms with E-state index in [4.69, 9.17) is 0 Å². The van der Waals surface area contributed by atoms with E-state index in [9.17, 15) is 19.1 Å². The fraction of sp³-hybridized carbons (Fsp3) is 0.125. The van der Waals surface area contributed by atoms with Gasteiger partial charge < -0.3 is 15.7 Å². The molecule has 2 aromatic carbocycles. The number of amides is 2. The third kappa shape index (κ3) is 3.50. The minimum atomic E-state index is -0.744. The molecule has 2 atom stereocenters. The van der Waals surface area contributed by atoms with Crippen LogP contribution >= 0.6 is 0 Å². The number of aromatic nitrogens is 2. The van der Waals surface area contributed by atoms with Crippen molar-refractivity contribution in [1.82, 2.24) is 14.7 Å². The molecule has 0 radical (unpaired) electrons. The maximum Gasteiger partial charge on any atom is 0.274 e. The Hall–Kier alpha value is -4.04. The molecule has 160 valence electrons. The Morgan fingerprint density at radius 1 is 1.06 bits per heavy atom. The van der Waals surface area contributed by atoms with E-state index in [0.29, 0.717) is 12.1 Å². The van der Waals surface area contributed by atoms with Crippen molar-refractivity contribution in [3.63, 3.8) is 0 Å². The summed E-state index contributed by atoms with van der Waals surface area (Å²) >= 11 is 0. The summed E-state index contributed by atoms with van der Waals surface area (Å²) in [6.07, 6.45) is 2.79. The quantitative estimate of drug-likeness (QED) is 0.464. The number of carbonyl (C=O) groups is 2. The van der Waals surface area contributed by atoms with Crippen molar-refractivity contribution in [1.29, 1.82) is 0 Å². The molecule has 7 nitrogen and oxygen atoms in total. The number of aliphatic hydroxyl groups excluding tert-OH is 1. The molecule has 2 heterocycles. The van der Waals surface area contributed by atoms with Crippen molar-refractivity contribution in [2.45, 2.75) is 18.6 Å². The van der Waals surface area contributed by atoms with E-state index in [-0.39, 0.29) is 16.9 Å². The maximum absolute atomic E-state index is 14.4. The van der Waals surface area contributed by atoms with E-state index in [2.05, 4.69) is 15.6 Å². The van der Waals surface area contributed by atoms with Crippen LogP contribution in [-0.4, -0.2) is 32.4 Å². The van der Waals surface area contributed by atoms with Gasteiger partial charge in [0.25, 0.3) is 11.8 Å². The number of hydrogen-bond donors (Lipinski definition) is 3. The predicted molar refractivity (Wildman–Crippen MR) is 116 cm³/mol. The molecule has 32 heavy (non-hydrogen) atoms. The van der Waals surface area contributed by atoms with Gasteiger partial charge in [0.1, 0.15) is 17.2 Å². The van der Waals surface area contributed by atoms with E-state index in [0.717, 1.165) is 17.2 Å². The summed E-state index contributed by atoms with van der Waals surface area (Å²) in [5, 5.41) is 15.7. The van der Waals surface area contributed by atoms with E-state index >= 15 is 0 Å². The molecule has 5 rings (SSSR count). The molecule has 1 aliphatic carbocycles. The lowest BCUT2D eigenvalue weighted by Crippen LogP contribution is -2.34. The van der Waals surface area contributed by atoms with Crippen molar-refractivity contribution < 1.29 is 19.1 Å². The first kappa shape index (κ1) is 19.9. The molecular formula is C24H19FN4O3. The van der Waals surface area contributed by atoms with Crippen molar-refractivity contribution in [2.75, 3.05) is 5.32 Å². The average Bonchev–Trinajstić information content (AvgIpc) is 3.36. The van der Waals surface area contributed by atoms with E-state index in [1.54, 1.807) is 28.8 Å². The zero-order valence-corrected chi connectivity index (χ0v) is 16.8. The number of imidazole rings is 1. The number of aliphatic hydroxyl groups is 1. The fourth-order valence-electron chi connectivity index (χ4n) is 4.02. The van der Waals surface area contributed by atoms with Gasteiger partial charge in [0.05, 0.1) is 24.0 Å². The Kier molecular flexibility index (Phi) is 4.91. The SMILES string of the molecule is O=C(N[C@@H]1c2ccccc2C[C@@H]1O)c1ccc(F)c(NC(=O)c2cnc3ccccn23)c1. The van der Waals surface area contributed by atoms with Gasteiger partial charge in [-0.3, -0.25) is 14.0 Å². The van der Waals surface area contributed by atoms with Gasteiger partial charge >= 0.3 is 0 Å². The van der Waals surface area contributed by atoms with Gasteiger partial charge in [0, 0.05) is 18.2 Å². The molecular weight excluding hydrogens is 411 g/mol. The summed E-state index contributed by atoms with van der Waals surface area (Å²) in [5.74, 6) is -1.70. The number of hydrogen-bond acceptors (Lipinski definition) is 4. The van der Waals surface area contributed by atoms with Crippen LogP contribution in [0.4, 0.5) is 10.1 Å². The Morgan fingerprint density at radius 3 is 2.75 bits per heavy atom. The van der Waals surface area contributed by atoms with Crippen LogP contribution in [0.3, 0.4) is 0 Å². The summed E-state index contributed by atoms with van der Waals surface area (Å²) in [6, 6.07) is 16.0. The zero-order chi connectivity index (χ0) is 22.2. The third-order valence-electron chi connectivity index (χ3n) is 5.62. The fourth-order valence-corrected chi connectivity index (χ4v) is 4.02. The molecule has 2 aromatic heterocycles. The molecule has 0 saturated carbocycles. The molecule has 0 saturated heterocycles. The highest BCUT2D eigenvalue weighted by Gasteiger charge is 2.32. The molecule has 2 amide bonds. The first-order valence-electron chi connectivity index (χ1n) is 10.1.